The predicted octanol–water partition coefficient (Wildman–Crippen LogP) is 3.77. The van der Waals surface area contributed by atoms with E-state index in [1.807, 2.05) is 67.6 Å². The van der Waals surface area contributed by atoms with Gasteiger partial charge in [0, 0.05) is 18.7 Å². The highest BCUT2D eigenvalue weighted by atomic mass is 16.2. The third kappa shape index (κ3) is 4.37. The minimum atomic E-state index is -0.238. The van der Waals surface area contributed by atoms with Gasteiger partial charge in [0.15, 0.2) is 0 Å². The second-order valence-corrected chi connectivity index (χ2v) is 7.55. The monoisotopic (exact) mass is 388 g/mol. The number of hydrogen-bond donors (Lipinski definition) is 1. The summed E-state index contributed by atoms with van der Waals surface area (Å²) in [6, 6.07) is 19.0. The van der Waals surface area contributed by atoms with Crippen LogP contribution in [0.15, 0.2) is 60.7 Å². The number of aryl methyl sites for hydroxylation is 1. The molecule has 2 aromatic carbocycles. The molecule has 6 nitrogen and oxygen atoms in total. The lowest BCUT2D eigenvalue weighted by Gasteiger charge is -2.17. The number of amides is 2. The molecule has 0 spiro atoms. The van der Waals surface area contributed by atoms with Crippen molar-refractivity contribution in [3.63, 3.8) is 0 Å². The van der Waals surface area contributed by atoms with E-state index in [1.165, 1.54) is 4.90 Å². The number of carbonyl (C=O) groups excluding carboxylic acids is 2. The molecule has 6 heteroatoms. The normalized spacial score (nSPS) is 13.2. The highest BCUT2D eigenvalue weighted by molar-refractivity contribution is 5.98. The van der Waals surface area contributed by atoms with Crippen LogP contribution in [0, 0.1) is 6.92 Å². The number of nitrogens with zero attached hydrogens (tertiary/aromatic N) is 3. The van der Waals surface area contributed by atoms with Crippen molar-refractivity contribution in [3.8, 4) is 5.69 Å². The number of anilines is 1. The molecule has 2 amide bonds. The van der Waals surface area contributed by atoms with E-state index in [-0.39, 0.29) is 18.4 Å². The van der Waals surface area contributed by atoms with Gasteiger partial charge in [-0.2, -0.15) is 5.10 Å². The molecule has 0 bridgehead atoms. The summed E-state index contributed by atoms with van der Waals surface area (Å²) in [6.07, 6.45) is 2.21. The Hall–Kier alpha value is -3.41. The average molecular weight is 388 g/mol. The van der Waals surface area contributed by atoms with Gasteiger partial charge < -0.3 is 10.2 Å². The van der Waals surface area contributed by atoms with Crippen LogP contribution < -0.4 is 5.32 Å². The van der Waals surface area contributed by atoms with Crippen LogP contribution in [-0.2, 0) is 4.79 Å². The summed E-state index contributed by atoms with van der Waals surface area (Å²) in [5, 5.41) is 7.50. The third-order valence-corrected chi connectivity index (χ3v) is 5.01. The van der Waals surface area contributed by atoms with Gasteiger partial charge in [-0.05, 0) is 50.1 Å². The van der Waals surface area contributed by atoms with Gasteiger partial charge in [-0.3, -0.25) is 9.59 Å². The topological polar surface area (TPSA) is 67.2 Å². The van der Waals surface area contributed by atoms with E-state index in [4.69, 9.17) is 0 Å². The van der Waals surface area contributed by atoms with Crippen molar-refractivity contribution in [1.29, 1.82) is 0 Å². The highest BCUT2D eigenvalue weighted by Crippen LogP contribution is 2.39. The summed E-state index contributed by atoms with van der Waals surface area (Å²) in [7, 11) is 1.64. The largest absolute Gasteiger partial charge is 0.331 e. The minimum Gasteiger partial charge on any atom is -0.331 e. The maximum Gasteiger partial charge on any atom is 0.272 e. The van der Waals surface area contributed by atoms with Gasteiger partial charge >= 0.3 is 0 Å². The maximum atomic E-state index is 13.1. The van der Waals surface area contributed by atoms with E-state index in [2.05, 4.69) is 10.4 Å². The first-order valence-corrected chi connectivity index (χ1v) is 9.78. The number of aromatic nitrogens is 2. The lowest BCUT2D eigenvalue weighted by molar-refractivity contribution is -0.116. The van der Waals surface area contributed by atoms with Crippen LogP contribution in [0.2, 0.25) is 0 Å². The molecule has 1 aromatic heterocycles. The number of rotatable bonds is 6. The maximum absolute atomic E-state index is 13.1. The molecule has 1 fully saturated rings. The highest BCUT2D eigenvalue weighted by Gasteiger charge is 2.30. The summed E-state index contributed by atoms with van der Waals surface area (Å²) in [4.78, 5) is 26.9. The Labute approximate surface area is 170 Å². The average Bonchev–Trinajstić information content (AvgIpc) is 3.48. The molecule has 1 aliphatic carbocycles. The van der Waals surface area contributed by atoms with E-state index in [9.17, 15) is 9.59 Å². The van der Waals surface area contributed by atoms with E-state index in [1.54, 1.807) is 11.7 Å². The summed E-state index contributed by atoms with van der Waals surface area (Å²) in [5.41, 5.74) is 4.08. The van der Waals surface area contributed by atoms with Gasteiger partial charge in [-0.25, -0.2) is 4.68 Å². The van der Waals surface area contributed by atoms with Crippen molar-refractivity contribution < 1.29 is 9.59 Å². The number of hydrogen-bond acceptors (Lipinski definition) is 3. The first-order chi connectivity index (χ1) is 14.0. The van der Waals surface area contributed by atoms with Crippen molar-refractivity contribution in [2.24, 2.45) is 0 Å². The van der Waals surface area contributed by atoms with Crippen LogP contribution in [0.3, 0.4) is 0 Å². The molecule has 1 aliphatic rings. The summed E-state index contributed by atoms with van der Waals surface area (Å²) in [5.74, 6) is -0.0353. The van der Waals surface area contributed by atoms with Gasteiger partial charge in [-0.15, -0.1) is 0 Å². The fourth-order valence-corrected chi connectivity index (χ4v) is 3.22. The molecule has 1 heterocycles. The Bertz CT molecular complexity index is 1020. The van der Waals surface area contributed by atoms with Crippen molar-refractivity contribution in [1.82, 2.24) is 14.7 Å². The van der Waals surface area contributed by atoms with E-state index in [0.717, 1.165) is 29.8 Å². The summed E-state index contributed by atoms with van der Waals surface area (Å²) < 4.78 is 1.68. The Morgan fingerprint density at radius 3 is 2.45 bits per heavy atom. The van der Waals surface area contributed by atoms with Crippen LogP contribution in [0.1, 0.15) is 40.5 Å². The number of likely N-dealkylation sites (N-methyl/N-ethyl adjacent to an activating group) is 1. The molecule has 1 saturated carbocycles. The second-order valence-electron chi connectivity index (χ2n) is 7.55. The number of benzene rings is 2. The molecule has 4 rings (SSSR count). The molecule has 0 unspecified atom stereocenters. The lowest BCUT2D eigenvalue weighted by Crippen LogP contribution is -2.35. The predicted molar refractivity (Wildman–Crippen MR) is 112 cm³/mol. The van der Waals surface area contributed by atoms with Crippen molar-refractivity contribution in [3.05, 3.63) is 77.6 Å². The third-order valence-electron chi connectivity index (χ3n) is 5.01. The minimum absolute atomic E-state index is 0.0363. The molecule has 148 valence electrons. The molecule has 0 saturated heterocycles. The Morgan fingerprint density at radius 2 is 1.79 bits per heavy atom. The van der Waals surface area contributed by atoms with Crippen molar-refractivity contribution in [2.45, 2.75) is 25.7 Å². The standard InChI is InChI=1S/C23H24N4O2/c1-16-8-12-18(13-9-16)24-22(28)15-26(2)23(29)21-14-20(17-10-11-17)25-27(21)19-6-4-3-5-7-19/h3-9,12-14,17H,10-11,15H2,1-2H3,(H,24,28). The summed E-state index contributed by atoms with van der Waals surface area (Å²) >= 11 is 0. The zero-order valence-electron chi connectivity index (χ0n) is 16.6. The van der Waals surface area contributed by atoms with Crippen LogP contribution in [0.4, 0.5) is 5.69 Å². The zero-order valence-corrected chi connectivity index (χ0v) is 16.6. The molecular weight excluding hydrogens is 364 g/mol. The van der Waals surface area contributed by atoms with E-state index in [0.29, 0.717) is 17.3 Å². The number of carbonyl (C=O) groups is 2. The Balaban J connectivity index is 1.51. The molecule has 0 radical (unpaired) electrons. The van der Waals surface area contributed by atoms with E-state index >= 15 is 0 Å². The Morgan fingerprint density at radius 1 is 1.10 bits per heavy atom. The van der Waals surface area contributed by atoms with E-state index < -0.39 is 0 Å². The second kappa shape index (κ2) is 7.91. The van der Waals surface area contributed by atoms with Gasteiger partial charge in [-0.1, -0.05) is 35.9 Å². The zero-order chi connectivity index (χ0) is 20.4. The van der Waals surface area contributed by atoms with Crippen LogP contribution in [0.25, 0.3) is 5.69 Å². The van der Waals surface area contributed by atoms with Gasteiger partial charge in [0.1, 0.15) is 5.69 Å². The quantitative estimate of drug-likeness (QED) is 0.699. The van der Waals surface area contributed by atoms with Gasteiger partial charge in [0.2, 0.25) is 5.91 Å². The molecule has 3 aromatic rings. The van der Waals surface area contributed by atoms with Crippen molar-refractivity contribution >= 4 is 17.5 Å². The first kappa shape index (κ1) is 18.9. The molecule has 1 N–H and O–H groups in total. The molecule has 0 atom stereocenters. The fraction of sp³-hybridized carbons (Fsp3) is 0.261. The molecule has 29 heavy (non-hydrogen) atoms. The van der Waals surface area contributed by atoms with Gasteiger partial charge in [0.25, 0.3) is 5.91 Å². The van der Waals surface area contributed by atoms with Crippen LogP contribution >= 0.6 is 0 Å². The molecule has 0 aliphatic heterocycles. The summed E-state index contributed by atoms with van der Waals surface area (Å²) in [6.45, 7) is 1.95. The number of para-hydroxylation sites is 1. The molecular formula is C23H24N4O2. The SMILES string of the molecule is Cc1ccc(NC(=O)CN(C)C(=O)c2cc(C3CC3)nn2-c2ccccc2)cc1. The number of nitrogens with one attached hydrogen (secondary N) is 1. The van der Waals surface area contributed by atoms with Gasteiger partial charge in [0.05, 0.1) is 17.9 Å². The van der Waals surface area contributed by atoms with Crippen molar-refractivity contribution in [2.75, 3.05) is 18.9 Å². The van der Waals surface area contributed by atoms with Crippen LogP contribution in [-0.4, -0.2) is 40.1 Å². The van der Waals surface area contributed by atoms with Crippen LogP contribution in [0.5, 0.6) is 0 Å². The first-order valence-electron chi connectivity index (χ1n) is 9.78. The fourth-order valence-electron chi connectivity index (χ4n) is 3.22. The Kier molecular flexibility index (Phi) is 5.16. The smallest absolute Gasteiger partial charge is 0.272 e. The lowest BCUT2D eigenvalue weighted by atomic mass is 10.2.